The number of ether oxygens (including phenoxy) is 10. The highest BCUT2D eigenvalue weighted by molar-refractivity contribution is 5.74. The Morgan fingerprint density at radius 2 is 1.50 bits per heavy atom. The van der Waals surface area contributed by atoms with E-state index in [-0.39, 0.29) is 54.2 Å². The van der Waals surface area contributed by atoms with Gasteiger partial charge in [-0.15, -0.1) is 0 Å². The molecule has 14 heteroatoms. The van der Waals surface area contributed by atoms with Gasteiger partial charge in [0.1, 0.15) is 24.4 Å². The molecule has 6 heterocycles. The smallest absolute Gasteiger partial charge is 0.309 e. The third kappa shape index (κ3) is 7.20. The van der Waals surface area contributed by atoms with Crippen LogP contribution in [0.3, 0.4) is 0 Å². The Kier molecular flexibility index (Phi) is 11.0. The molecule has 0 amide bonds. The fourth-order valence-corrected chi connectivity index (χ4v) is 10.8. The molecule has 0 aromatic carbocycles. The van der Waals surface area contributed by atoms with Gasteiger partial charge < -0.3 is 62.7 Å². The van der Waals surface area contributed by atoms with Gasteiger partial charge >= 0.3 is 5.97 Å². The lowest BCUT2D eigenvalue weighted by molar-refractivity contribution is -0.336. The average Bonchev–Trinajstić information content (AvgIpc) is 3.64. The Balaban J connectivity index is 0.837. The van der Waals surface area contributed by atoms with Crippen LogP contribution in [0.4, 0.5) is 0 Å². The molecule has 19 unspecified atom stereocenters. The molecule has 0 bridgehead atoms. The molecular formula is C40H60O14. The van der Waals surface area contributed by atoms with Crippen molar-refractivity contribution in [3.05, 3.63) is 23.5 Å². The second kappa shape index (κ2) is 15.2. The molecule has 0 spiro atoms. The number of aliphatic hydroxyl groups is 3. The highest BCUT2D eigenvalue weighted by atomic mass is 16.7. The van der Waals surface area contributed by atoms with Crippen LogP contribution in [0.5, 0.6) is 0 Å². The predicted molar refractivity (Wildman–Crippen MR) is 188 cm³/mol. The first-order valence-corrected chi connectivity index (χ1v) is 20.2. The van der Waals surface area contributed by atoms with Gasteiger partial charge in [0.2, 0.25) is 5.79 Å². The molecule has 19 atom stereocenters. The molecule has 14 nitrogen and oxygen atoms in total. The molecule has 3 N–H and O–H groups in total. The van der Waals surface area contributed by atoms with E-state index >= 15 is 0 Å². The highest BCUT2D eigenvalue weighted by Gasteiger charge is 2.58. The summed E-state index contributed by atoms with van der Waals surface area (Å²) in [5.74, 6) is -0.989. The number of aliphatic hydroxyl groups excluding tert-OH is 3. The lowest BCUT2D eigenvalue weighted by atomic mass is 9.55. The first-order valence-electron chi connectivity index (χ1n) is 20.2. The zero-order valence-electron chi connectivity index (χ0n) is 32.4. The lowest BCUT2D eigenvalue weighted by Crippen LogP contribution is -2.56. The van der Waals surface area contributed by atoms with Gasteiger partial charge in [-0.3, -0.25) is 4.79 Å². The van der Waals surface area contributed by atoms with E-state index < -0.39 is 79.6 Å². The van der Waals surface area contributed by atoms with Gasteiger partial charge in [0.25, 0.3) is 0 Å². The molecule has 8 rings (SSSR count). The van der Waals surface area contributed by atoms with E-state index in [1.54, 1.807) is 13.8 Å². The molecule has 1 saturated carbocycles. The SMILES string of the molecule is COC1CC(OC2C(O)CC(OC3C(O)CC(OC4CCC5(C)C(=CCC6C(=O)OC7COC8(C)OC=C(CCC65)C78)C4)OC3C)OC2C)OC(C)C1O. The van der Waals surface area contributed by atoms with Gasteiger partial charge in [-0.1, -0.05) is 18.6 Å². The second-order valence-electron chi connectivity index (χ2n) is 17.3. The number of hydrogen-bond donors (Lipinski definition) is 3. The third-order valence-corrected chi connectivity index (χ3v) is 13.9. The number of hydrogen-bond acceptors (Lipinski definition) is 14. The van der Waals surface area contributed by atoms with Crippen LogP contribution in [-0.2, 0) is 52.2 Å². The fourth-order valence-electron chi connectivity index (χ4n) is 10.8. The van der Waals surface area contributed by atoms with Crippen molar-refractivity contribution in [2.45, 2.75) is 184 Å². The minimum absolute atomic E-state index is 0.0607. The summed E-state index contributed by atoms with van der Waals surface area (Å²) in [6.45, 7) is 10.0. The van der Waals surface area contributed by atoms with Crippen LogP contribution in [0.25, 0.3) is 0 Å². The Morgan fingerprint density at radius 3 is 2.17 bits per heavy atom. The van der Waals surface area contributed by atoms with E-state index in [9.17, 15) is 20.1 Å². The van der Waals surface area contributed by atoms with Crippen LogP contribution in [0.15, 0.2) is 23.5 Å². The van der Waals surface area contributed by atoms with Crippen molar-refractivity contribution in [1.82, 2.24) is 0 Å². The average molecular weight is 765 g/mol. The first-order chi connectivity index (χ1) is 25.8. The Hall–Kier alpha value is -1.69. The Bertz CT molecular complexity index is 1410. The molecule has 0 aromatic heterocycles. The van der Waals surface area contributed by atoms with E-state index in [4.69, 9.17) is 47.4 Å². The largest absolute Gasteiger partial charge is 0.469 e. The zero-order chi connectivity index (χ0) is 38.1. The van der Waals surface area contributed by atoms with E-state index in [0.29, 0.717) is 19.4 Å². The summed E-state index contributed by atoms with van der Waals surface area (Å²) in [7, 11) is 1.54. The number of methoxy groups -OCH3 is 1. The topological polar surface area (TPSA) is 170 Å². The van der Waals surface area contributed by atoms with Crippen molar-refractivity contribution in [2.24, 2.45) is 23.2 Å². The van der Waals surface area contributed by atoms with Crippen LogP contribution >= 0.6 is 0 Å². The first kappa shape index (κ1) is 39.2. The molecule has 0 radical (unpaired) electrons. The fraction of sp³-hybridized carbons (Fsp3) is 0.875. The summed E-state index contributed by atoms with van der Waals surface area (Å²) < 4.78 is 60.6. The second-order valence-corrected chi connectivity index (χ2v) is 17.3. The quantitative estimate of drug-likeness (QED) is 0.255. The molecule has 2 aliphatic carbocycles. The number of allylic oxidation sites excluding steroid dienone is 1. The van der Waals surface area contributed by atoms with Crippen LogP contribution in [0.2, 0.25) is 0 Å². The molecule has 5 saturated heterocycles. The van der Waals surface area contributed by atoms with Gasteiger partial charge in [-0.2, -0.15) is 0 Å². The lowest BCUT2D eigenvalue weighted by Gasteiger charge is -2.50. The Labute approximate surface area is 317 Å². The molecule has 0 aromatic rings. The van der Waals surface area contributed by atoms with Gasteiger partial charge in [-0.05, 0) is 76.2 Å². The van der Waals surface area contributed by atoms with E-state index in [1.165, 1.54) is 18.3 Å². The molecule has 8 aliphatic rings. The summed E-state index contributed by atoms with van der Waals surface area (Å²) >= 11 is 0. The molecule has 54 heavy (non-hydrogen) atoms. The summed E-state index contributed by atoms with van der Waals surface area (Å²) in [5.41, 5.74) is 2.35. The van der Waals surface area contributed by atoms with E-state index in [1.807, 2.05) is 20.1 Å². The van der Waals surface area contributed by atoms with Gasteiger partial charge in [0, 0.05) is 33.3 Å². The van der Waals surface area contributed by atoms with Crippen molar-refractivity contribution in [3.8, 4) is 0 Å². The third-order valence-electron chi connectivity index (χ3n) is 13.9. The molecule has 6 aliphatic heterocycles. The highest BCUT2D eigenvalue weighted by Crippen LogP contribution is 2.57. The number of esters is 1. The van der Waals surface area contributed by atoms with E-state index in [0.717, 1.165) is 32.1 Å². The number of fused-ring (bicyclic) bond motifs is 3. The maximum Gasteiger partial charge on any atom is 0.309 e. The number of carbonyl (C=O) groups is 1. The van der Waals surface area contributed by atoms with Crippen molar-refractivity contribution >= 4 is 5.97 Å². The van der Waals surface area contributed by atoms with Gasteiger partial charge in [0.05, 0.1) is 67.4 Å². The van der Waals surface area contributed by atoms with Gasteiger partial charge in [-0.25, -0.2) is 0 Å². The summed E-state index contributed by atoms with van der Waals surface area (Å²) in [4.78, 5) is 13.7. The number of rotatable bonds is 7. The summed E-state index contributed by atoms with van der Waals surface area (Å²) in [5, 5.41) is 32.7. The normalized spacial score (nSPS) is 51.9. The van der Waals surface area contributed by atoms with Crippen LogP contribution in [0.1, 0.15) is 92.4 Å². The monoisotopic (exact) mass is 764 g/mol. The molecule has 304 valence electrons. The van der Waals surface area contributed by atoms with Crippen LogP contribution < -0.4 is 0 Å². The van der Waals surface area contributed by atoms with Crippen molar-refractivity contribution in [2.75, 3.05) is 13.7 Å². The van der Waals surface area contributed by atoms with Crippen molar-refractivity contribution in [1.29, 1.82) is 0 Å². The minimum Gasteiger partial charge on any atom is -0.469 e. The van der Waals surface area contributed by atoms with Gasteiger partial charge in [0.15, 0.2) is 18.9 Å². The van der Waals surface area contributed by atoms with Crippen molar-refractivity contribution < 1.29 is 67.5 Å². The Morgan fingerprint density at radius 1 is 0.852 bits per heavy atom. The maximum atomic E-state index is 13.7. The summed E-state index contributed by atoms with van der Waals surface area (Å²) in [6.07, 6.45) is 1.31. The van der Waals surface area contributed by atoms with E-state index in [2.05, 4.69) is 13.0 Å². The minimum atomic E-state index is -0.906. The predicted octanol–water partition coefficient (Wildman–Crippen LogP) is 3.38. The van der Waals surface area contributed by atoms with Crippen molar-refractivity contribution in [3.63, 3.8) is 0 Å². The van der Waals surface area contributed by atoms with Crippen LogP contribution in [-0.4, -0.2) is 127 Å². The standard InChI is InChI=1S/C40H60O14/c1-19-35(43)29(45-6)16-33(48-19)54-37-21(3)50-32(15-28(37)42)53-36-20(2)49-31(14-27(36)41)51-24-11-12-39(4)23(13-24)8-9-25-26(39)10-7-22-17-46-40(5)34(22)30(18-47-40)52-38(25)44/h8,17,19-21,24-37,41-43H,7,9-16,18H2,1-6H3. The molecule has 6 fully saturated rings. The zero-order valence-corrected chi connectivity index (χ0v) is 32.4. The van der Waals surface area contributed by atoms with Crippen LogP contribution in [0, 0.1) is 23.2 Å². The number of carbonyl (C=O) groups excluding carboxylic acids is 1. The molecular weight excluding hydrogens is 704 g/mol. The summed E-state index contributed by atoms with van der Waals surface area (Å²) in [6, 6.07) is 0. The maximum absolute atomic E-state index is 13.7.